The van der Waals surface area contributed by atoms with Crippen LogP contribution in [0.5, 0.6) is 0 Å². The minimum atomic E-state index is -0.896. The number of hydrogen-bond donors (Lipinski definition) is 3. The number of rotatable bonds is 10. The second-order valence-corrected chi connectivity index (χ2v) is 16.2. The predicted octanol–water partition coefficient (Wildman–Crippen LogP) is 8.84. The minimum absolute atomic E-state index is 0.0830. The highest BCUT2D eigenvalue weighted by molar-refractivity contribution is 5.92. The van der Waals surface area contributed by atoms with Crippen LogP contribution in [0.4, 0.5) is 15.4 Å². The van der Waals surface area contributed by atoms with E-state index in [1.165, 1.54) is 0 Å². The zero-order valence-electron chi connectivity index (χ0n) is 31.9. The van der Waals surface area contributed by atoms with Crippen LogP contribution in [-0.2, 0) is 26.4 Å². The van der Waals surface area contributed by atoms with Gasteiger partial charge in [0.15, 0.2) is 0 Å². The van der Waals surface area contributed by atoms with Crippen molar-refractivity contribution in [1.82, 2.24) is 15.2 Å². The summed E-state index contributed by atoms with van der Waals surface area (Å²) in [5.74, 6) is 0.608. The van der Waals surface area contributed by atoms with Crippen molar-refractivity contribution in [3.05, 3.63) is 108 Å². The molecule has 2 fully saturated rings. The van der Waals surface area contributed by atoms with Gasteiger partial charge in [0.2, 0.25) is 5.91 Å². The zero-order valence-corrected chi connectivity index (χ0v) is 31.9. The average molecular weight is 733 g/mol. The van der Waals surface area contributed by atoms with Gasteiger partial charge in [-0.25, -0.2) is 14.6 Å². The lowest BCUT2D eigenvalue weighted by Gasteiger charge is -2.52. The van der Waals surface area contributed by atoms with Crippen molar-refractivity contribution in [2.75, 3.05) is 12.4 Å². The normalized spacial score (nSPS) is 22.3. The lowest BCUT2D eigenvalue weighted by atomic mass is 9.62. The molecule has 0 spiro atoms. The molecule has 0 atom stereocenters. The number of amides is 3. The van der Waals surface area contributed by atoms with Crippen LogP contribution in [0.25, 0.3) is 22.3 Å². The Balaban J connectivity index is 1.10. The summed E-state index contributed by atoms with van der Waals surface area (Å²) in [5.41, 5.74) is 3.26. The first kappa shape index (κ1) is 38.5. The molecule has 0 radical (unpaired) electrons. The van der Waals surface area contributed by atoms with Crippen LogP contribution < -0.4 is 10.6 Å². The van der Waals surface area contributed by atoms with Crippen molar-refractivity contribution in [1.29, 1.82) is 0 Å². The maximum atomic E-state index is 13.3. The van der Waals surface area contributed by atoms with E-state index in [1.54, 1.807) is 25.1 Å². The standard InChI is InChI=1S/C44H52N4O6/c1-42(2,3)54-40(50)47-44(28-43(4,52)29-44)34-20-18-33(19-21-34)37-26-45-38(25-36(37)32-14-10-7-11-15-32)46-39(49)24-30-16-22-35(23-17-30)48(5)41(51)53-27-31-12-8-6-9-13-31/h6-15,18-21,25-26,30,35,52H,16-17,22-24,27-29H2,1-5H3,(H,47,50)(H,45,46,49). The average Bonchev–Trinajstić information content (AvgIpc) is 3.13. The third kappa shape index (κ3) is 9.65. The Morgan fingerprint density at radius 1 is 0.870 bits per heavy atom. The third-order valence-corrected chi connectivity index (χ3v) is 10.4. The number of nitrogens with zero attached hydrogens (tertiary/aromatic N) is 2. The third-order valence-electron chi connectivity index (χ3n) is 10.4. The highest BCUT2D eigenvalue weighted by Crippen LogP contribution is 2.49. The molecule has 2 aliphatic carbocycles. The number of aromatic nitrogens is 1. The highest BCUT2D eigenvalue weighted by atomic mass is 16.6. The van der Waals surface area contributed by atoms with Crippen LogP contribution >= 0.6 is 0 Å². The topological polar surface area (TPSA) is 130 Å². The molecule has 10 nitrogen and oxygen atoms in total. The first-order chi connectivity index (χ1) is 25.7. The molecular weight excluding hydrogens is 681 g/mol. The molecule has 284 valence electrons. The fourth-order valence-electron chi connectivity index (χ4n) is 7.85. The van der Waals surface area contributed by atoms with Crippen molar-refractivity contribution in [2.24, 2.45) is 5.92 Å². The lowest BCUT2D eigenvalue weighted by Crippen LogP contribution is -2.62. The number of carbonyl (C=O) groups is 3. The van der Waals surface area contributed by atoms with E-state index in [0.29, 0.717) is 25.1 Å². The number of alkyl carbamates (subject to hydrolysis) is 1. The van der Waals surface area contributed by atoms with E-state index in [0.717, 1.165) is 59.1 Å². The summed E-state index contributed by atoms with van der Waals surface area (Å²) in [4.78, 5) is 45.2. The van der Waals surface area contributed by atoms with E-state index >= 15 is 0 Å². The minimum Gasteiger partial charge on any atom is -0.445 e. The molecule has 1 aromatic heterocycles. The number of carbonyl (C=O) groups excluding carboxylic acids is 3. The quantitative estimate of drug-likeness (QED) is 0.149. The van der Waals surface area contributed by atoms with Gasteiger partial charge in [-0.1, -0.05) is 84.9 Å². The molecule has 3 N–H and O–H groups in total. The molecule has 4 aromatic rings. The zero-order chi connectivity index (χ0) is 38.5. The van der Waals surface area contributed by atoms with Crippen molar-refractivity contribution < 1.29 is 29.0 Å². The SMILES string of the molecule is CN(C(=O)OCc1ccccc1)C1CCC(CC(=O)Nc2cc(-c3ccccc3)c(-c3ccc(C4(NC(=O)OC(C)(C)C)CC(C)(O)C4)cc3)cn2)CC1. The van der Waals surface area contributed by atoms with E-state index in [2.05, 4.69) is 15.6 Å². The number of nitrogens with one attached hydrogen (secondary N) is 2. The van der Waals surface area contributed by atoms with E-state index in [-0.39, 0.29) is 30.6 Å². The molecule has 0 bridgehead atoms. The first-order valence-electron chi connectivity index (χ1n) is 18.8. The molecule has 0 unspecified atom stereocenters. The number of benzene rings is 3. The van der Waals surface area contributed by atoms with Crippen LogP contribution in [0, 0.1) is 5.92 Å². The monoisotopic (exact) mass is 732 g/mol. The fraction of sp³-hybridized carbons (Fsp3) is 0.409. The van der Waals surface area contributed by atoms with Gasteiger partial charge in [-0.15, -0.1) is 0 Å². The van der Waals surface area contributed by atoms with Gasteiger partial charge in [-0.2, -0.15) is 0 Å². The van der Waals surface area contributed by atoms with Crippen molar-refractivity contribution in [2.45, 2.75) is 102 Å². The van der Waals surface area contributed by atoms with Gasteiger partial charge in [0.1, 0.15) is 18.0 Å². The molecule has 2 saturated carbocycles. The molecule has 3 aromatic carbocycles. The summed E-state index contributed by atoms with van der Waals surface area (Å²) in [6, 6.07) is 29.6. The van der Waals surface area contributed by atoms with E-state index in [9.17, 15) is 19.5 Å². The number of aliphatic hydroxyl groups is 1. The van der Waals surface area contributed by atoms with Crippen LogP contribution in [0.2, 0.25) is 0 Å². The Labute approximate surface area is 318 Å². The summed E-state index contributed by atoms with van der Waals surface area (Å²) in [7, 11) is 1.79. The number of pyridine rings is 1. The summed E-state index contributed by atoms with van der Waals surface area (Å²) in [6.45, 7) is 7.48. The maximum Gasteiger partial charge on any atom is 0.410 e. The summed E-state index contributed by atoms with van der Waals surface area (Å²) in [5, 5.41) is 16.8. The molecule has 1 heterocycles. The number of ether oxygens (including phenoxy) is 2. The molecular formula is C44H52N4O6. The van der Waals surface area contributed by atoms with Gasteiger partial charge >= 0.3 is 12.2 Å². The van der Waals surface area contributed by atoms with E-state index in [4.69, 9.17) is 9.47 Å². The van der Waals surface area contributed by atoms with Crippen LogP contribution in [0.3, 0.4) is 0 Å². The van der Waals surface area contributed by atoms with Crippen molar-refractivity contribution in [3.8, 4) is 22.3 Å². The summed E-state index contributed by atoms with van der Waals surface area (Å²) in [6.07, 6.45) is 5.38. The first-order valence-corrected chi connectivity index (χ1v) is 18.8. The van der Waals surface area contributed by atoms with E-state index < -0.39 is 22.8 Å². The summed E-state index contributed by atoms with van der Waals surface area (Å²) < 4.78 is 11.1. The number of hydrogen-bond acceptors (Lipinski definition) is 7. The van der Waals surface area contributed by atoms with Gasteiger partial charge in [-0.05, 0) is 93.2 Å². The molecule has 6 rings (SSSR count). The van der Waals surface area contributed by atoms with Gasteiger partial charge < -0.3 is 30.1 Å². The number of anilines is 1. The Hall–Kier alpha value is -5.22. The fourth-order valence-corrected chi connectivity index (χ4v) is 7.85. The van der Waals surface area contributed by atoms with E-state index in [1.807, 2.05) is 112 Å². The van der Waals surface area contributed by atoms with Crippen molar-refractivity contribution >= 4 is 23.9 Å². The van der Waals surface area contributed by atoms with Gasteiger partial charge in [-0.3, -0.25) is 4.79 Å². The van der Waals surface area contributed by atoms with Gasteiger partial charge in [0.25, 0.3) is 0 Å². The second kappa shape index (κ2) is 16.0. The van der Waals surface area contributed by atoms with Crippen LogP contribution in [0.15, 0.2) is 97.2 Å². The smallest absolute Gasteiger partial charge is 0.410 e. The Bertz CT molecular complexity index is 1910. The predicted molar refractivity (Wildman–Crippen MR) is 209 cm³/mol. The molecule has 0 saturated heterocycles. The Morgan fingerprint density at radius 2 is 1.48 bits per heavy atom. The molecule has 3 amide bonds. The molecule has 0 aliphatic heterocycles. The highest BCUT2D eigenvalue weighted by Gasteiger charge is 2.53. The van der Waals surface area contributed by atoms with Gasteiger partial charge in [0.05, 0.1) is 11.1 Å². The van der Waals surface area contributed by atoms with Crippen LogP contribution in [0.1, 0.15) is 83.8 Å². The Kier molecular flexibility index (Phi) is 11.4. The molecule has 2 aliphatic rings. The largest absolute Gasteiger partial charge is 0.445 e. The maximum absolute atomic E-state index is 13.3. The van der Waals surface area contributed by atoms with Crippen molar-refractivity contribution in [3.63, 3.8) is 0 Å². The second-order valence-electron chi connectivity index (χ2n) is 16.2. The molecule has 54 heavy (non-hydrogen) atoms. The molecule has 10 heteroatoms. The summed E-state index contributed by atoms with van der Waals surface area (Å²) >= 11 is 0. The Morgan fingerprint density at radius 3 is 2.09 bits per heavy atom. The van der Waals surface area contributed by atoms with Crippen LogP contribution in [-0.4, -0.2) is 57.4 Å². The van der Waals surface area contributed by atoms with Gasteiger partial charge in [0, 0.05) is 44.1 Å². The lowest BCUT2D eigenvalue weighted by molar-refractivity contribution is -0.117.